The molecule has 3 heterocycles. The van der Waals surface area contributed by atoms with Gasteiger partial charge in [0.15, 0.2) is 0 Å². The molecule has 0 aliphatic carbocycles. The zero-order valence-electron chi connectivity index (χ0n) is 10.6. The van der Waals surface area contributed by atoms with Gasteiger partial charge in [0.1, 0.15) is 12.1 Å². The van der Waals surface area contributed by atoms with Gasteiger partial charge in [0, 0.05) is 38.0 Å². The average molecular weight is 243 g/mol. The predicted molar refractivity (Wildman–Crippen MR) is 70.3 cm³/mol. The third-order valence-electron chi connectivity index (χ3n) is 3.33. The van der Waals surface area contributed by atoms with Crippen LogP contribution in [-0.4, -0.2) is 32.8 Å². The molecule has 0 saturated carbocycles. The van der Waals surface area contributed by atoms with E-state index in [1.807, 2.05) is 19.4 Å². The normalized spacial score (nSPS) is 15.9. The fraction of sp³-hybridized carbons (Fsp3) is 0.462. The van der Waals surface area contributed by atoms with Gasteiger partial charge in [0.2, 0.25) is 0 Å². The Balaban J connectivity index is 1.88. The first kappa shape index (κ1) is 11.2. The number of piperidine rings is 1. The molecular formula is C13H17N5. The zero-order chi connectivity index (χ0) is 12.4. The number of nitrogens with zero attached hydrogens (tertiary/aromatic N) is 5. The lowest BCUT2D eigenvalue weighted by atomic mass is 10.1. The van der Waals surface area contributed by atoms with Gasteiger partial charge in [-0.05, 0) is 19.3 Å². The topological polar surface area (TPSA) is 46.8 Å². The summed E-state index contributed by atoms with van der Waals surface area (Å²) in [5.74, 6) is 1.03. The Hall–Kier alpha value is -1.91. The van der Waals surface area contributed by atoms with Gasteiger partial charge in [-0.3, -0.25) is 4.68 Å². The number of hydrogen-bond acceptors (Lipinski definition) is 4. The average Bonchev–Trinajstić information content (AvgIpc) is 2.87. The minimum absolute atomic E-state index is 0.943. The van der Waals surface area contributed by atoms with Gasteiger partial charge in [0.05, 0.1) is 11.9 Å². The van der Waals surface area contributed by atoms with Crippen molar-refractivity contribution >= 4 is 5.82 Å². The van der Waals surface area contributed by atoms with Gasteiger partial charge in [0.25, 0.3) is 0 Å². The number of aryl methyl sites for hydroxylation is 1. The van der Waals surface area contributed by atoms with Crippen molar-refractivity contribution < 1.29 is 0 Å². The van der Waals surface area contributed by atoms with Gasteiger partial charge in [-0.2, -0.15) is 5.10 Å². The SMILES string of the molecule is Cn1cc(-c2cc(N3CCCCC3)ncn2)cn1. The monoisotopic (exact) mass is 243 g/mol. The summed E-state index contributed by atoms with van der Waals surface area (Å²) in [7, 11) is 1.91. The second-order valence-corrected chi connectivity index (χ2v) is 4.71. The second-order valence-electron chi connectivity index (χ2n) is 4.71. The Kier molecular flexibility index (Phi) is 2.96. The Labute approximate surface area is 106 Å². The highest BCUT2D eigenvalue weighted by molar-refractivity contribution is 5.60. The summed E-state index contributed by atoms with van der Waals surface area (Å²) >= 11 is 0. The van der Waals surface area contributed by atoms with Gasteiger partial charge in [-0.15, -0.1) is 0 Å². The van der Waals surface area contributed by atoms with Crippen LogP contribution < -0.4 is 4.90 Å². The molecule has 0 bridgehead atoms. The molecule has 1 aliphatic heterocycles. The maximum Gasteiger partial charge on any atom is 0.132 e. The van der Waals surface area contributed by atoms with E-state index in [1.54, 1.807) is 11.0 Å². The lowest BCUT2D eigenvalue weighted by Crippen LogP contribution is -2.30. The van der Waals surface area contributed by atoms with Crippen LogP contribution in [0.4, 0.5) is 5.82 Å². The lowest BCUT2D eigenvalue weighted by Gasteiger charge is -2.27. The first-order valence-corrected chi connectivity index (χ1v) is 6.39. The second kappa shape index (κ2) is 4.76. The van der Waals surface area contributed by atoms with Crippen molar-refractivity contribution in [1.29, 1.82) is 0 Å². The van der Waals surface area contributed by atoms with E-state index in [0.29, 0.717) is 0 Å². The first-order valence-electron chi connectivity index (χ1n) is 6.39. The van der Waals surface area contributed by atoms with E-state index in [4.69, 9.17) is 0 Å². The zero-order valence-corrected chi connectivity index (χ0v) is 10.6. The maximum atomic E-state index is 4.38. The minimum Gasteiger partial charge on any atom is -0.357 e. The van der Waals surface area contributed by atoms with Crippen molar-refractivity contribution in [3.05, 3.63) is 24.8 Å². The van der Waals surface area contributed by atoms with Crippen LogP contribution in [0.1, 0.15) is 19.3 Å². The molecule has 0 spiro atoms. The highest BCUT2D eigenvalue weighted by Gasteiger charge is 2.13. The molecule has 18 heavy (non-hydrogen) atoms. The summed E-state index contributed by atoms with van der Waals surface area (Å²) in [4.78, 5) is 11.0. The Bertz CT molecular complexity index is 528. The molecule has 0 atom stereocenters. The standard InChI is InChI=1S/C13H17N5/c1-17-9-11(8-16-17)12-7-13(15-10-14-12)18-5-3-2-4-6-18/h7-10H,2-6H2,1H3. The quantitative estimate of drug-likeness (QED) is 0.808. The molecule has 2 aromatic heterocycles. The highest BCUT2D eigenvalue weighted by atomic mass is 15.2. The summed E-state index contributed by atoms with van der Waals surface area (Å²) in [5.41, 5.74) is 1.98. The smallest absolute Gasteiger partial charge is 0.132 e. The van der Waals surface area contributed by atoms with E-state index in [9.17, 15) is 0 Å². The largest absolute Gasteiger partial charge is 0.357 e. The first-order chi connectivity index (χ1) is 8.83. The molecule has 0 aromatic carbocycles. The van der Waals surface area contributed by atoms with Gasteiger partial charge < -0.3 is 4.90 Å². The number of anilines is 1. The van der Waals surface area contributed by atoms with Crippen molar-refractivity contribution in [3.63, 3.8) is 0 Å². The van der Waals surface area contributed by atoms with Crippen LogP contribution in [0.5, 0.6) is 0 Å². The van der Waals surface area contributed by atoms with Crippen LogP contribution in [0, 0.1) is 0 Å². The molecule has 1 aliphatic rings. The Morgan fingerprint density at radius 3 is 2.67 bits per heavy atom. The molecule has 0 amide bonds. The Morgan fingerprint density at radius 1 is 1.11 bits per heavy atom. The van der Waals surface area contributed by atoms with Crippen molar-refractivity contribution in [2.75, 3.05) is 18.0 Å². The number of rotatable bonds is 2. The fourth-order valence-electron chi connectivity index (χ4n) is 2.35. The fourth-order valence-corrected chi connectivity index (χ4v) is 2.35. The van der Waals surface area contributed by atoms with Gasteiger partial charge in [-0.25, -0.2) is 9.97 Å². The highest BCUT2D eigenvalue weighted by Crippen LogP contribution is 2.22. The van der Waals surface area contributed by atoms with Crippen molar-refractivity contribution in [1.82, 2.24) is 19.7 Å². The van der Waals surface area contributed by atoms with Crippen molar-refractivity contribution in [2.24, 2.45) is 7.05 Å². The van der Waals surface area contributed by atoms with Crippen LogP contribution in [0.25, 0.3) is 11.3 Å². The Morgan fingerprint density at radius 2 is 1.94 bits per heavy atom. The molecule has 3 rings (SSSR count). The van der Waals surface area contributed by atoms with Crippen molar-refractivity contribution in [2.45, 2.75) is 19.3 Å². The van der Waals surface area contributed by atoms with Gasteiger partial charge in [-0.1, -0.05) is 0 Å². The summed E-state index contributed by atoms with van der Waals surface area (Å²) in [6.07, 6.45) is 9.30. The summed E-state index contributed by atoms with van der Waals surface area (Å²) in [6, 6.07) is 2.06. The van der Waals surface area contributed by atoms with E-state index >= 15 is 0 Å². The van der Waals surface area contributed by atoms with Gasteiger partial charge >= 0.3 is 0 Å². The number of hydrogen-bond donors (Lipinski definition) is 0. The molecular weight excluding hydrogens is 226 g/mol. The molecule has 1 fully saturated rings. The molecule has 94 valence electrons. The molecule has 0 unspecified atom stereocenters. The van der Waals surface area contributed by atoms with E-state index in [0.717, 1.165) is 30.2 Å². The third-order valence-corrected chi connectivity index (χ3v) is 3.33. The van der Waals surface area contributed by atoms with Crippen LogP contribution in [0.3, 0.4) is 0 Å². The predicted octanol–water partition coefficient (Wildman–Crippen LogP) is 1.87. The summed E-state index contributed by atoms with van der Waals surface area (Å²) < 4.78 is 1.79. The molecule has 0 radical (unpaired) electrons. The summed E-state index contributed by atoms with van der Waals surface area (Å²) in [5, 5.41) is 4.18. The summed E-state index contributed by atoms with van der Waals surface area (Å²) in [6.45, 7) is 2.20. The number of aromatic nitrogens is 4. The minimum atomic E-state index is 0.943. The molecule has 1 saturated heterocycles. The van der Waals surface area contributed by atoms with E-state index in [2.05, 4.69) is 26.0 Å². The lowest BCUT2D eigenvalue weighted by molar-refractivity contribution is 0.573. The van der Waals surface area contributed by atoms with Crippen molar-refractivity contribution in [3.8, 4) is 11.3 Å². The molecule has 2 aromatic rings. The molecule has 5 nitrogen and oxygen atoms in total. The van der Waals surface area contributed by atoms with E-state index in [1.165, 1.54) is 19.3 Å². The third kappa shape index (κ3) is 2.20. The maximum absolute atomic E-state index is 4.38. The van der Waals surface area contributed by atoms with Crippen LogP contribution >= 0.6 is 0 Å². The van der Waals surface area contributed by atoms with Crippen LogP contribution in [0.15, 0.2) is 24.8 Å². The molecule has 5 heteroatoms. The molecule has 0 N–H and O–H groups in total. The van der Waals surface area contributed by atoms with E-state index in [-0.39, 0.29) is 0 Å². The van der Waals surface area contributed by atoms with Crippen LogP contribution in [-0.2, 0) is 7.05 Å². The van der Waals surface area contributed by atoms with Crippen LogP contribution in [0.2, 0.25) is 0 Å². The van der Waals surface area contributed by atoms with E-state index < -0.39 is 0 Å².